The second-order valence-corrected chi connectivity index (χ2v) is 4.56. The zero-order valence-electron chi connectivity index (χ0n) is 11.5. The van der Waals surface area contributed by atoms with E-state index in [9.17, 15) is 0 Å². The van der Waals surface area contributed by atoms with Gasteiger partial charge in [-0.15, -0.1) is 0 Å². The lowest BCUT2D eigenvalue weighted by Gasteiger charge is -2.10. The van der Waals surface area contributed by atoms with E-state index >= 15 is 0 Å². The Hall–Kier alpha value is -2.80. The number of nitrogens with one attached hydrogen (secondary N) is 2. The van der Waals surface area contributed by atoms with Crippen molar-refractivity contribution in [2.75, 3.05) is 10.7 Å². The SMILES string of the molecule is Cc1cnc(CNc2nc(NN)nc3ccccc23)cn1. The predicted octanol–water partition coefficient (Wildman–Crippen LogP) is 1.63. The van der Waals surface area contributed by atoms with Crippen molar-refractivity contribution in [3.8, 4) is 0 Å². The Morgan fingerprint density at radius 3 is 2.71 bits per heavy atom. The second-order valence-electron chi connectivity index (χ2n) is 4.56. The molecule has 2 heterocycles. The third kappa shape index (κ3) is 2.87. The molecule has 0 fully saturated rings. The largest absolute Gasteiger partial charge is 0.364 e. The molecule has 106 valence electrons. The van der Waals surface area contributed by atoms with Gasteiger partial charge in [-0.2, -0.15) is 4.98 Å². The highest BCUT2D eigenvalue weighted by Crippen LogP contribution is 2.21. The zero-order valence-corrected chi connectivity index (χ0v) is 11.5. The highest BCUT2D eigenvalue weighted by atomic mass is 15.3. The molecule has 0 aliphatic carbocycles. The van der Waals surface area contributed by atoms with Crippen molar-refractivity contribution in [2.45, 2.75) is 13.5 Å². The third-order valence-electron chi connectivity index (χ3n) is 3.00. The molecule has 1 aromatic carbocycles. The van der Waals surface area contributed by atoms with E-state index in [0.717, 1.165) is 22.3 Å². The number of hydrazine groups is 1. The van der Waals surface area contributed by atoms with Crippen LogP contribution in [-0.4, -0.2) is 19.9 Å². The van der Waals surface area contributed by atoms with Crippen LogP contribution in [0, 0.1) is 6.92 Å². The number of aromatic nitrogens is 4. The first-order chi connectivity index (χ1) is 10.3. The minimum absolute atomic E-state index is 0.367. The molecule has 0 radical (unpaired) electrons. The normalized spacial score (nSPS) is 10.6. The quantitative estimate of drug-likeness (QED) is 0.493. The van der Waals surface area contributed by atoms with E-state index in [-0.39, 0.29) is 0 Å². The van der Waals surface area contributed by atoms with E-state index in [0.29, 0.717) is 18.3 Å². The molecule has 0 unspecified atom stereocenters. The average molecular weight is 281 g/mol. The number of nitrogens with zero attached hydrogens (tertiary/aromatic N) is 4. The summed E-state index contributed by atoms with van der Waals surface area (Å²) in [4.78, 5) is 17.2. The highest BCUT2D eigenvalue weighted by molar-refractivity contribution is 5.89. The molecule has 0 aliphatic heterocycles. The van der Waals surface area contributed by atoms with Gasteiger partial charge >= 0.3 is 0 Å². The number of aryl methyl sites for hydroxylation is 1. The zero-order chi connectivity index (χ0) is 14.7. The first-order valence-corrected chi connectivity index (χ1v) is 6.51. The lowest BCUT2D eigenvalue weighted by atomic mass is 10.2. The van der Waals surface area contributed by atoms with Crippen LogP contribution in [0.1, 0.15) is 11.4 Å². The topological polar surface area (TPSA) is 102 Å². The number of nitrogens with two attached hydrogens (primary N) is 1. The molecule has 0 saturated heterocycles. The Morgan fingerprint density at radius 2 is 1.95 bits per heavy atom. The van der Waals surface area contributed by atoms with Gasteiger partial charge in [-0.1, -0.05) is 12.1 Å². The van der Waals surface area contributed by atoms with E-state index < -0.39 is 0 Å². The van der Waals surface area contributed by atoms with Crippen LogP contribution >= 0.6 is 0 Å². The maximum Gasteiger partial charge on any atom is 0.239 e. The maximum absolute atomic E-state index is 5.41. The van der Waals surface area contributed by atoms with E-state index in [1.54, 1.807) is 12.4 Å². The summed E-state index contributed by atoms with van der Waals surface area (Å²) in [6.45, 7) is 2.43. The number of hydrogen-bond acceptors (Lipinski definition) is 7. The number of para-hydroxylation sites is 1. The fourth-order valence-corrected chi connectivity index (χ4v) is 1.96. The Labute approximate surface area is 121 Å². The Balaban J connectivity index is 1.90. The van der Waals surface area contributed by atoms with E-state index in [4.69, 9.17) is 5.84 Å². The minimum Gasteiger partial charge on any atom is -0.364 e. The molecule has 0 saturated carbocycles. The molecule has 0 bridgehead atoms. The summed E-state index contributed by atoms with van der Waals surface area (Å²) in [6.07, 6.45) is 3.48. The highest BCUT2D eigenvalue weighted by Gasteiger charge is 2.06. The Kier molecular flexibility index (Phi) is 3.57. The summed E-state index contributed by atoms with van der Waals surface area (Å²) in [5.41, 5.74) is 5.02. The number of hydrogen-bond donors (Lipinski definition) is 3. The van der Waals surface area contributed by atoms with Gasteiger partial charge in [0.2, 0.25) is 5.95 Å². The molecule has 21 heavy (non-hydrogen) atoms. The lowest BCUT2D eigenvalue weighted by Crippen LogP contribution is -2.12. The van der Waals surface area contributed by atoms with Gasteiger partial charge in [-0.3, -0.25) is 15.4 Å². The summed E-state index contributed by atoms with van der Waals surface area (Å²) in [5.74, 6) is 6.48. The second kappa shape index (κ2) is 5.68. The van der Waals surface area contributed by atoms with Crippen molar-refractivity contribution in [2.24, 2.45) is 5.84 Å². The summed E-state index contributed by atoms with van der Waals surface area (Å²) in [5, 5.41) is 4.18. The van der Waals surface area contributed by atoms with Crippen molar-refractivity contribution in [3.05, 3.63) is 48.0 Å². The summed E-state index contributed by atoms with van der Waals surface area (Å²) < 4.78 is 0. The molecule has 3 aromatic rings. The van der Waals surface area contributed by atoms with Crippen LogP contribution in [0.3, 0.4) is 0 Å². The average Bonchev–Trinajstić information content (AvgIpc) is 2.53. The molecule has 7 heteroatoms. The fraction of sp³-hybridized carbons (Fsp3) is 0.143. The molecule has 0 aliphatic rings. The van der Waals surface area contributed by atoms with Crippen LogP contribution < -0.4 is 16.6 Å². The van der Waals surface area contributed by atoms with Crippen LogP contribution in [0.4, 0.5) is 11.8 Å². The van der Waals surface area contributed by atoms with Crippen molar-refractivity contribution < 1.29 is 0 Å². The Bertz CT molecular complexity index is 755. The van der Waals surface area contributed by atoms with Gasteiger partial charge < -0.3 is 5.32 Å². The van der Waals surface area contributed by atoms with Gasteiger partial charge in [-0.05, 0) is 19.1 Å². The van der Waals surface area contributed by atoms with Crippen molar-refractivity contribution in [1.82, 2.24) is 19.9 Å². The predicted molar refractivity (Wildman–Crippen MR) is 81.4 cm³/mol. The molecule has 0 spiro atoms. The molecular formula is C14H15N7. The first-order valence-electron chi connectivity index (χ1n) is 6.51. The van der Waals surface area contributed by atoms with Crippen LogP contribution in [-0.2, 0) is 6.54 Å². The van der Waals surface area contributed by atoms with Crippen molar-refractivity contribution in [3.63, 3.8) is 0 Å². The number of anilines is 2. The minimum atomic E-state index is 0.367. The standard InChI is InChI=1S/C14H15N7/c1-9-6-17-10(7-16-9)8-18-13-11-4-2-3-5-12(11)19-14(20-13)21-15/h2-7H,8,15H2,1H3,(H2,18,19,20,21). The van der Waals surface area contributed by atoms with Crippen LogP contribution in [0.25, 0.3) is 10.9 Å². The number of nitrogen functional groups attached to an aromatic ring is 1. The Morgan fingerprint density at radius 1 is 1.10 bits per heavy atom. The number of benzene rings is 1. The third-order valence-corrected chi connectivity index (χ3v) is 3.00. The monoisotopic (exact) mass is 281 g/mol. The lowest BCUT2D eigenvalue weighted by molar-refractivity contribution is 0.976. The van der Waals surface area contributed by atoms with Gasteiger partial charge in [-0.25, -0.2) is 10.8 Å². The molecule has 4 N–H and O–H groups in total. The van der Waals surface area contributed by atoms with E-state index in [1.165, 1.54) is 0 Å². The van der Waals surface area contributed by atoms with E-state index in [1.807, 2.05) is 31.2 Å². The van der Waals surface area contributed by atoms with Gasteiger partial charge in [0.15, 0.2) is 0 Å². The molecule has 0 amide bonds. The molecule has 2 aromatic heterocycles. The van der Waals surface area contributed by atoms with Crippen LogP contribution in [0.2, 0.25) is 0 Å². The van der Waals surface area contributed by atoms with Gasteiger partial charge in [0.05, 0.1) is 29.6 Å². The molecular weight excluding hydrogens is 266 g/mol. The number of fused-ring (bicyclic) bond motifs is 1. The molecule has 0 atom stereocenters. The summed E-state index contributed by atoms with van der Waals surface area (Å²) in [6, 6.07) is 7.73. The van der Waals surface area contributed by atoms with Gasteiger partial charge in [0, 0.05) is 11.6 Å². The first kappa shape index (κ1) is 13.2. The maximum atomic E-state index is 5.41. The van der Waals surface area contributed by atoms with Crippen LogP contribution in [0.5, 0.6) is 0 Å². The summed E-state index contributed by atoms with van der Waals surface area (Å²) >= 11 is 0. The van der Waals surface area contributed by atoms with Crippen molar-refractivity contribution in [1.29, 1.82) is 0 Å². The van der Waals surface area contributed by atoms with Gasteiger partial charge in [0.1, 0.15) is 5.82 Å². The van der Waals surface area contributed by atoms with Crippen LogP contribution in [0.15, 0.2) is 36.7 Å². The van der Waals surface area contributed by atoms with Crippen molar-refractivity contribution >= 4 is 22.7 Å². The van der Waals surface area contributed by atoms with Gasteiger partial charge in [0.25, 0.3) is 0 Å². The van der Waals surface area contributed by atoms with E-state index in [2.05, 4.69) is 30.7 Å². The number of rotatable bonds is 4. The fourth-order valence-electron chi connectivity index (χ4n) is 1.96. The summed E-state index contributed by atoms with van der Waals surface area (Å²) in [7, 11) is 0. The molecule has 3 rings (SSSR count). The molecule has 7 nitrogen and oxygen atoms in total. The smallest absolute Gasteiger partial charge is 0.239 e.